The number of methoxy groups -OCH3 is 1. The van der Waals surface area contributed by atoms with Gasteiger partial charge in [-0.1, -0.05) is 19.9 Å². The van der Waals surface area contributed by atoms with Crippen LogP contribution < -0.4 is 26.0 Å². The van der Waals surface area contributed by atoms with E-state index in [9.17, 15) is 19.6 Å². The summed E-state index contributed by atoms with van der Waals surface area (Å²) in [5.41, 5.74) is 1.06. The molecule has 224 valence electrons. The number of hydrogen-bond acceptors (Lipinski definition) is 8. The fourth-order valence-electron chi connectivity index (χ4n) is 5.01. The summed E-state index contributed by atoms with van der Waals surface area (Å²) in [6.07, 6.45) is 1.94. The molecule has 0 radical (unpaired) electrons. The standard InChI is InChI=1S/C29H42N6O5S/c1-18(2)13-24(35-29(39)25-15-21-22(33-25)5-4-6-26(21)40-3)28(38)34-23(14-19-7-9-32-27(19)37)20(16-30)8-12-41-17-31-10-11-36/h4-6,15,18-20,23-24,31,33,36H,7-14,17H2,1-3H3,(H,32,37)(H,34,38)(H,35,39)/t19-,20?,23-,24-/m0/s1. The number of aromatic nitrogens is 1. The smallest absolute Gasteiger partial charge is 0.268 e. The molecule has 41 heavy (non-hydrogen) atoms. The molecule has 12 heteroatoms. The van der Waals surface area contributed by atoms with Crippen molar-refractivity contribution >= 4 is 40.4 Å². The Balaban J connectivity index is 1.74. The van der Waals surface area contributed by atoms with Crippen molar-refractivity contribution < 1.29 is 24.2 Å². The van der Waals surface area contributed by atoms with Crippen LogP contribution in [0, 0.1) is 29.1 Å². The Kier molecular flexibility index (Phi) is 12.8. The van der Waals surface area contributed by atoms with Crippen molar-refractivity contribution in [3.8, 4) is 11.8 Å². The van der Waals surface area contributed by atoms with Gasteiger partial charge in [-0.15, -0.1) is 11.8 Å². The predicted molar refractivity (Wildman–Crippen MR) is 159 cm³/mol. The van der Waals surface area contributed by atoms with Gasteiger partial charge in [-0.3, -0.25) is 14.4 Å². The molecule has 0 aliphatic carbocycles. The van der Waals surface area contributed by atoms with Crippen LogP contribution >= 0.6 is 11.8 Å². The van der Waals surface area contributed by atoms with E-state index >= 15 is 0 Å². The van der Waals surface area contributed by atoms with Gasteiger partial charge in [-0.25, -0.2) is 0 Å². The van der Waals surface area contributed by atoms with Crippen LogP contribution in [0.4, 0.5) is 0 Å². The highest BCUT2D eigenvalue weighted by atomic mass is 32.2. The first kappa shape index (κ1) is 32.2. The van der Waals surface area contributed by atoms with Crippen LogP contribution in [0.2, 0.25) is 0 Å². The first-order valence-corrected chi connectivity index (χ1v) is 15.3. The van der Waals surface area contributed by atoms with Gasteiger partial charge in [-0.05, 0) is 55.6 Å². The zero-order valence-corrected chi connectivity index (χ0v) is 24.8. The highest BCUT2D eigenvalue weighted by Crippen LogP contribution is 2.26. The van der Waals surface area contributed by atoms with Crippen molar-refractivity contribution in [1.29, 1.82) is 5.26 Å². The lowest BCUT2D eigenvalue weighted by atomic mass is 9.88. The summed E-state index contributed by atoms with van der Waals surface area (Å²) in [4.78, 5) is 42.4. The Bertz CT molecular complexity index is 1210. The number of nitrogens with zero attached hydrogens (tertiary/aromatic N) is 1. The quantitative estimate of drug-likeness (QED) is 0.121. The maximum atomic E-state index is 13.6. The molecule has 2 heterocycles. The van der Waals surface area contributed by atoms with Gasteiger partial charge in [-0.2, -0.15) is 5.26 Å². The van der Waals surface area contributed by atoms with E-state index in [4.69, 9.17) is 9.84 Å². The van der Waals surface area contributed by atoms with Crippen LogP contribution in [0.15, 0.2) is 24.3 Å². The second-order valence-corrected chi connectivity index (χ2v) is 11.8. The number of aliphatic hydroxyl groups is 1. The minimum absolute atomic E-state index is 0.0570. The number of amides is 3. The van der Waals surface area contributed by atoms with E-state index in [2.05, 4.69) is 32.3 Å². The van der Waals surface area contributed by atoms with Gasteiger partial charge in [0.15, 0.2) is 0 Å². The van der Waals surface area contributed by atoms with E-state index in [1.165, 1.54) is 0 Å². The topological polar surface area (TPSA) is 168 Å². The molecule has 1 fully saturated rings. The number of rotatable bonds is 17. The van der Waals surface area contributed by atoms with Crippen LogP contribution in [0.5, 0.6) is 5.75 Å². The molecule has 3 rings (SSSR count). The van der Waals surface area contributed by atoms with E-state index in [-0.39, 0.29) is 30.3 Å². The average molecular weight is 587 g/mol. The Morgan fingerprint density at radius 1 is 1.29 bits per heavy atom. The second-order valence-electron chi connectivity index (χ2n) is 10.7. The van der Waals surface area contributed by atoms with Gasteiger partial charge in [0.05, 0.1) is 25.7 Å². The van der Waals surface area contributed by atoms with Crippen molar-refractivity contribution in [2.75, 3.05) is 38.4 Å². The summed E-state index contributed by atoms with van der Waals surface area (Å²) in [5, 5.41) is 31.6. The minimum Gasteiger partial charge on any atom is -0.496 e. The predicted octanol–water partition coefficient (Wildman–Crippen LogP) is 2.13. The second kappa shape index (κ2) is 16.2. The van der Waals surface area contributed by atoms with Gasteiger partial charge in [0, 0.05) is 41.8 Å². The fourth-order valence-corrected chi connectivity index (χ4v) is 5.87. The summed E-state index contributed by atoms with van der Waals surface area (Å²) in [7, 11) is 1.57. The SMILES string of the molecule is COc1cccc2[nH]c(C(=O)N[C@@H](CC(C)C)C(=O)N[C@@H](C[C@@H]3CCNC3=O)C(C#N)CCSCNCCO)cc12. The minimum atomic E-state index is -0.827. The number of nitrogens with one attached hydrogen (secondary N) is 5. The number of benzene rings is 1. The molecule has 2 aromatic rings. The number of nitriles is 1. The van der Waals surface area contributed by atoms with Crippen molar-refractivity contribution in [3.63, 3.8) is 0 Å². The Morgan fingerprint density at radius 3 is 2.76 bits per heavy atom. The lowest BCUT2D eigenvalue weighted by Gasteiger charge is -2.28. The molecule has 4 atom stereocenters. The molecule has 1 aliphatic rings. The molecule has 1 unspecified atom stereocenters. The molecule has 1 aromatic heterocycles. The monoisotopic (exact) mass is 586 g/mol. The molecule has 0 saturated carbocycles. The normalized spacial score (nSPS) is 17.1. The number of aromatic amines is 1. The van der Waals surface area contributed by atoms with Gasteiger partial charge in [0.25, 0.3) is 5.91 Å². The third-order valence-electron chi connectivity index (χ3n) is 7.16. The number of carbonyl (C=O) groups is 3. The molecular formula is C29H42N6O5S. The van der Waals surface area contributed by atoms with Crippen molar-refractivity contribution in [2.45, 2.75) is 51.6 Å². The van der Waals surface area contributed by atoms with Crippen molar-refractivity contribution in [3.05, 3.63) is 30.0 Å². The number of ether oxygens (including phenoxy) is 1. The lowest BCUT2D eigenvalue weighted by molar-refractivity contribution is -0.126. The molecule has 3 amide bonds. The van der Waals surface area contributed by atoms with E-state index in [1.54, 1.807) is 24.9 Å². The third-order valence-corrected chi connectivity index (χ3v) is 8.10. The van der Waals surface area contributed by atoms with Gasteiger partial charge in [0.1, 0.15) is 17.5 Å². The number of H-pyrrole nitrogens is 1. The van der Waals surface area contributed by atoms with Crippen molar-refractivity contribution in [2.24, 2.45) is 17.8 Å². The van der Waals surface area contributed by atoms with Crippen LogP contribution in [-0.4, -0.2) is 78.3 Å². The van der Waals surface area contributed by atoms with Crippen LogP contribution in [0.3, 0.4) is 0 Å². The molecule has 0 bridgehead atoms. The Labute approximate surface area is 245 Å². The van der Waals surface area contributed by atoms with Gasteiger partial charge >= 0.3 is 0 Å². The number of carbonyl (C=O) groups excluding carboxylic acids is 3. The molecule has 1 aliphatic heterocycles. The van der Waals surface area contributed by atoms with E-state index in [1.807, 2.05) is 32.0 Å². The Morgan fingerprint density at radius 2 is 2.10 bits per heavy atom. The van der Waals surface area contributed by atoms with Gasteiger partial charge < -0.3 is 36.1 Å². The zero-order valence-electron chi connectivity index (χ0n) is 24.0. The summed E-state index contributed by atoms with van der Waals surface area (Å²) in [5.74, 6) is 0.425. The third kappa shape index (κ3) is 9.38. The molecule has 0 spiro atoms. The molecule has 11 nitrogen and oxygen atoms in total. The number of fused-ring (bicyclic) bond motifs is 1. The molecular weight excluding hydrogens is 544 g/mol. The Hall–Kier alpha value is -3.27. The number of thioether (sulfide) groups is 1. The highest BCUT2D eigenvalue weighted by Gasteiger charge is 2.34. The highest BCUT2D eigenvalue weighted by molar-refractivity contribution is 7.99. The number of aliphatic hydroxyl groups excluding tert-OH is 1. The summed E-state index contributed by atoms with van der Waals surface area (Å²) in [6.45, 7) is 5.08. The summed E-state index contributed by atoms with van der Waals surface area (Å²) >= 11 is 1.61. The average Bonchev–Trinajstić information content (AvgIpc) is 3.57. The van der Waals surface area contributed by atoms with E-state index in [0.29, 0.717) is 61.8 Å². The molecule has 1 aromatic carbocycles. The largest absolute Gasteiger partial charge is 0.496 e. The maximum Gasteiger partial charge on any atom is 0.268 e. The van der Waals surface area contributed by atoms with Crippen LogP contribution in [0.1, 0.15) is 50.0 Å². The van der Waals surface area contributed by atoms with Crippen molar-refractivity contribution in [1.82, 2.24) is 26.3 Å². The van der Waals surface area contributed by atoms with E-state index in [0.717, 1.165) is 10.9 Å². The fraction of sp³-hybridized carbons (Fsp3) is 0.586. The van der Waals surface area contributed by atoms with Gasteiger partial charge in [0.2, 0.25) is 11.8 Å². The van der Waals surface area contributed by atoms with Crippen LogP contribution in [0.25, 0.3) is 10.9 Å². The maximum absolute atomic E-state index is 13.6. The lowest BCUT2D eigenvalue weighted by Crippen LogP contribution is -2.52. The van der Waals surface area contributed by atoms with Crippen LogP contribution in [-0.2, 0) is 9.59 Å². The summed E-state index contributed by atoms with van der Waals surface area (Å²) < 4.78 is 5.40. The first-order valence-electron chi connectivity index (χ1n) is 14.1. The first-order chi connectivity index (χ1) is 19.8. The molecule has 6 N–H and O–H groups in total. The number of hydrogen-bond donors (Lipinski definition) is 6. The molecule has 1 saturated heterocycles. The van der Waals surface area contributed by atoms with E-state index < -0.39 is 23.9 Å². The summed E-state index contributed by atoms with van der Waals surface area (Å²) in [6, 6.07) is 8.16. The zero-order chi connectivity index (χ0) is 29.8.